The fourth-order valence-corrected chi connectivity index (χ4v) is 3.93. The van der Waals surface area contributed by atoms with Crippen molar-refractivity contribution in [2.24, 2.45) is 5.73 Å². The average Bonchev–Trinajstić information content (AvgIpc) is 3.10. The summed E-state index contributed by atoms with van der Waals surface area (Å²) < 4.78 is 5.97. The second-order valence-electron chi connectivity index (χ2n) is 7.72. The van der Waals surface area contributed by atoms with Gasteiger partial charge in [0.15, 0.2) is 0 Å². The van der Waals surface area contributed by atoms with E-state index in [1.165, 1.54) is 16.7 Å². The molecule has 4 rings (SSSR count). The molecule has 0 aliphatic carbocycles. The predicted molar refractivity (Wildman–Crippen MR) is 122 cm³/mol. The lowest BCUT2D eigenvalue weighted by molar-refractivity contribution is 0.286. The molecule has 3 N–H and O–H groups in total. The van der Waals surface area contributed by atoms with Gasteiger partial charge in [-0.25, -0.2) is 4.98 Å². The standard InChI is InChI=1S/C24H25ClN4O/c1-14-5-4-6-15(2)20(14)10-18(26)13-30-19-11-22(24(25)27-12-19)17-7-8-23-21(9-17)16(3)28-29-23/h4-9,11-12,18H,10,13,26H2,1-3H3,(H,28,29)/t18-/m0/s1. The van der Waals surface area contributed by atoms with Crippen molar-refractivity contribution < 1.29 is 4.74 Å². The summed E-state index contributed by atoms with van der Waals surface area (Å²) in [6.07, 6.45) is 2.40. The van der Waals surface area contributed by atoms with Crippen molar-refractivity contribution >= 4 is 22.5 Å². The van der Waals surface area contributed by atoms with Gasteiger partial charge in [0, 0.05) is 17.0 Å². The van der Waals surface area contributed by atoms with Crippen molar-refractivity contribution in [3.8, 4) is 16.9 Å². The summed E-state index contributed by atoms with van der Waals surface area (Å²) in [5.41, 5.74) is 13.9. The minimum absolute atomic E-state index is 0.117. The van der Waals surface area contributed by atoms with Crippen LogP contribution in [0.3, 0.4) is 0 Å². The largest absolute Gasteiger partial charge is 0.490 e. The number of hydrogen-bond acceptors (Lipinski definition) is 4. The number of nitrogens with two attached hydrogens (primary N) is 1. The smallest absolute Gasteiger partial charge is 0.138 e. The van der Waals surface area contributed by atoms with Crippen molar-refractivity contribution in [3.05, 3.63) is 76.2 Å². The number of ether oxygens (including phenoxy) is 1. The van der Waals surface area contributed by atoms with Crippen LogP contribution in [0.4, 0.5) is 0 Å². The quantitative estimate of drug-likeness (QED) is 0.423. The maximum absolute atomic E-state index is 6.39. The number of fused-ring (bicyclic) bond motifs is 1. The molecule has 0 amide bonds. The fraction of sp³-hybridized carbons (Fsp3) is 0.250. The molecular weight excluding hydrogens is 396 g/mol. The van der Waals surface area contributed by atoms with Gasteiger partial charge in [-0.2, -0.15) is 5.10 Å². The van der Waals surface area contributed by atoms with Crippen molar-refractivity contribution in [2.75, 3.05) is 6.61 Å². The Hall–Kier alpha value is -2.89. The van der Waals surface area contributed by atoms with E-state index in [1.54, 1.807) is 6.20 Å². The molecule has 4 aromatic rings. The van der Waals surface area contributed by atoms with E-state index in [2.05, 4.69) is 53.3 Å². The molecule has 0 unspecified atom stereocenters. The van der Waals surface area contributed by atoms with Gasteiger partial charge in [0.25, 0.3) is 0 Å². The first-order valence-electron chi connectivity index (χ1n) is 9.96. The third-order valence-electron chi connectivity index (χ3n) is 5.45. The number of rotatable bonds is 6. The van der Waals surface area contributed by atoms with Gasteiger partial charge in [-0.15, -0.1) is 0 Å². The van der Waals surface area contributed by atoms with Crippen molar-refractivity contribution in [1.29, 1.82) is 0 Å². The second kappa shape index (κ2) is 8.46. The molecule has 0 bridgehead atoms. The molecule has 2 heterocycles. The zero-order chi connectivity index (χ0) is 21.3. The molecule has 5 nitrogen and oxygen atoms in total. The van der Waals surface area contributed by atoms with Crippen LogP contribution in [-0.4, -0.2) is 27.8 Å². The molecule has 2 aromatic heterocycles. The lowest BCUT2D eigenvalue weighted by Gasteiger charge is -2.17. The molecule has 0 saturated carbocycles. The van der Waals surface area contributed by atoms with Gasteiger partial charge in [0.1, 0.15) is 17.5 Å². The summed E-state index contributed by atoms with van der Waals surface area (Å²) in [6, 6.07) is 14.2. The number of hydrogen-bond donors (Lipinski definition) is 2. The Balaban J connectivity index is 1.51. The Kier molecular flexibility index (Phi) is 5.75. The van der Waals surface area contributed by atoms with Gasteiger partial charge in [-0.1, -0.05) is 35.9 Å². The summed E-state index contributed by atoms with van der Waals surface area (Å²) in [6.45, 7) is 6.60. The van der Waals surface area contributed by atoms with Crippen LogP contribution < -0.4 is 10.5 Å². The Labute approximate surface area is 181 Å². The van der Waals surface area contributed by atoms with Crippen LogP contribution >= 0.6 is 11.6 Å². The highest BCUT2D eigenvalue weighted by molar-refractivity contribution is 6.32. The molecule has 0 spiro atoms. The summed E-state index contributed by atoms with van der Waals surface area (Å²) in [4.78, 5) is 4.31. The molecule has 0 aliphatic rings. The van der Waals surface area contributed by atoms with Gasteiger partial charge >= 0.3 is 0 Å². The first-order chi connectivity index (χ1) is 14.4. The highest BCUT2D eigenvalue weighted by Crippen LogP contribution is 2.32. The van der Waals surface area contributed by atoms with Crippen LogP contribution in [0.5, 0.6) is 5.75 Å². The van der Waals surface area contributed by atoms with E-state index in [9.17, 15) is 0 Å². The highest BCUT2D eigenvalue weighted by atomic mass is 35.5. The van der Waals surface area contributed by atoms with Crippen molar-refractivity contribution in [1.82, 2.24) is 15.2 Å². The molecule has 1 atom stereocenters. The summed E-state index contributed by atoms with van der Waals surface area (Å²) in [7, 11) is 0. The summed E-state index contributed by atoms with van der Waals surface area (Å²) in [5, 5.41) is 8.76. The van der Waals surface area contributed by atoms with Crippen LogP contribution in [0.15, 0.2) is 48.7 Å². The van der Waals surface area contributed by atoms with Gasteiger partial charge in [0.2, 0.25) is 0 Å². The Morgan fingerprint density at radius 2 is 1.87 bits per heavy atom. The van der Waals surface area contributed by atoms with Gasteiger partial charge < -0.3 is 10.5 Å². The van der Waals surface area contributed by atoms with E-state index in [4.69, 9.17) is 22.1 Å². The van der Waals surface area contributed by atoms with Crippen LogP contribution in [0.2, 0.25) is 5.15 Å². The molecular formula is C24H25ClN4O. The number of halogens is 1. The Morgan fingerprint density at radius 3 is 2.63 bits per heavy atom. The molecule has 0 saturated heterocycles. The SMILES string of the molecule is Cc1cccc(C)c1C[C@H](N)COc1cnc(Cl)c(-c2ccc3[nH]nc(C)c3c2)c1. The second-order valence-corrected chi connectivity index (χ2v) is 8.08. The number of aromatic nitrogens is 3. The first kappa shape index (κ1) is 20.4. The minimum Gasteiger partial charge on any atom is -0.490 e. The normalized spacial score (nSPS) is 12.3. The van der Waals surface area contributed by atoms with Gasteiger partial charge in [-0.3, -0.25) is 5.10 Å². The zero-order valence-corrected chi connectivity index (χ0v) is 18.1. The molecule has 0 fully saturated rings. The monoisotopic (exact) mass is 420 g/mol. The van der Waals surface area contributed by atoms with E-state index < -0.39 is 0 Å². The summed E-state index contributed by atoms with van der Waals surface area (Å²) in [5.74, 6) is 0.648. The Bertz CT molecular complexity index is 1180. The number of nitrogens with one attached hydrogen (secondary N) is 1. The Morgan fingerprint density at radius 1 is 1.10 bits per heavy atom. The maximum atomic E-state index is 6.39. The first-order valence-corrected chi connectivity index (χ1v) is 10.3. The van der Waals surface area contributed by atoms with E-state index in [0.717, 1.165) is 34.1 Å². The summed E-state index contributed by atoms with van der Waals surface area (Å²) >= 11 is 6.39. The van der Waals surface area contributed by atoms with Crippen LogP contribution in [-0.2, 0) is 6.42 Å². The lowest BCUT2D eigenvalue weighted by atomic mass is 9.97. The van der Waals surface area contributed by atoms with Crippen LogP contribution in [0, 0.1) is 20.8 Å². The molecule has 2 aromatic carbocycles. The average molecular weight is 421 g/mol. The molecule has 0 aliphatic heterocycles. The fourth-order valence-electron chi connectivity index (χ4n) is 3.72. The molecule has 154 valence electrons. The molecule has 30 heavy (non-hydrogen) atoms. The predicted octanol–water partition coefficient (Wildman–Crippen LogP) is 5.15. The number of pyridine rings is 1. The number of aromatic amines is 1. The van der Waals surface area contributed by atoms with E-state index in [1.807, 2.05) is 25.1 Å². The van der Waals surface area contributed by atoms with E-state index >= 15 is 0 Å². The van der Waals surface area contributed by atoms with Crippen molar-refractivity contribution in [3.63, 3.8) is 0 Å². The van der Waals surface area contributed by atoms with Crippen LogP contribution in [0.1, 0.15) is 22.4 Å². The molecule has 6 heteroatoms. The third kappa shape index (κ3) is 4.18. The number of nitrogens with zero attached hydrogens (tertiary/aromatic N) is 2. The maximum Gasteiger partial charge on any atom is 0.138 e. The van der Waals surface area contributed by atoms with Crippen LogP contribution in [0.25, 0.3) is 22.0 Å². The number of H-pyrrole nitrogens is 1. The third-order valence-corrected chi connectivity index (χ3v) is 5.75. The number of aryl methyl sites for hydroxylation is 3. The lowest BCUT2D eigenvalue weighted by Crippen LogP contribution is -2.30. The zero-order valence-electron chi connectivity index (χ0n) is 17.4. The molecule has 0 radical (unpaired) electrons. The topological polar surface area (TPSA) is 76.8 Å². The van der Waals surface area contributed by atoms with E-state index in [0.29, 0.717) is 17.5 Å². The van der Waals surface area contributed by atoms with E-state index in [-0.39, 0.29) is 6.04 Å². The van der Waals surface area contributed by atoms with Gasteiger partial charge in [-0.05, 0) is 67.6 Å². The number of benzene rings is 2. The van der Waals surface area contributed by atoms with Crippen molar-refractivity contribution in [2.45, 2.75) is 33.2 Å². The highest BCUT2D eigenvalue weighted by Gasteiger charge is 2.13. The minimum atomic E-state index is -0.117. The van der Waals surface area contributed by atoms with Gasteiger partial charge in [0.05, 0.1) is 17.4 Å².